The van der Waals surface area contributed by atoms with Crippen LogP contribution in [0.25, 0.3) is 0 Å². The molecule has 1 N–H and O–H groups in total. The van der Waals surface area contributed by atoms with E-state index in [0.717, 1.165) is 18.0 Å². The van der Waals surface area contributed by atoms with Gasteiger partial charge in [0.2, 0.25) is 0 Å². The van der Waals surface area contributed by atoms with Crippen molar-refractivity contribution in [3.05, 3.63) is 0 Å². The first-order chi connectivity index (χ1) is 9.50. The second kappa shape index (κ2) is 7.26. The molecule has 2 unspecified atom stereocenters. The Kier molecular flexibility index (Phi) is 5.92. The summed E-state index contributed by atoms with van der Waals surface area (Å²) >= 11 is 0. The molecule has 2 rings (SSSR count). The summed E-state index contributed by atoms with van der Waals surface area (Å²) in [4.78, 5) is 2.80. The fraction of sp³-hybridized carbons (Fsp3) is 1.00. The summed E-state index contributed by atoms with van der Waals surface area (Å²) in [7, 11) is 0. The van der Waals surface area contributed by atoms with Crippen molar-refractivity contribution in [1.82, 2.24) is 10.2 Å². The van der Waals surface area contributed by atoms with Gasteiger partial charge in [0.1, 0.15) is 0 Å². The van der Waals surface area contributed by atoms with Gasteiger partial charge in [0.05, 0.1) is 0 Å². The Morgan fingerprint density at radius 3 is 2.45 bits per heavy atom. The maximum absolute atomic E-state index is 3.76. The van der Waals surface area contributed by atoms with Gasteiger partial charge in [-0.25, -0.2) is 0 Å². The van der Waals surface area contributed by atoms with Crippen LogP contribution in [0.1, 0.15) is 72.6 Å². The van der Waals surface area contributed by atoms with Crippen molar-refractivity contribution in [2.75, 3.05) is 19.6 Å². The van der Waals surface area contributed by atoms with Gasteiger partial charge >= 0.3 is 0 Å². The van der Waals surface area contributed by atoms with Gasteiger partial charge in [-0.05, 0) is 62.9 Å². The molecule has 0 aromatic rings. The molecule has 0 amide bonds. The standard InChI is InChI=1S/C18H36N2/c1-5-7-17(14-19-16-9-10-16)20-12-6-8-15(11-13-20)18(2,3)4/h15-17,19H,5-14H2,1-4H3. The van der Waals surface area contributed by atoms with Crippen LogP contribution < -0.4 is 5.32 Å². The summed E-state index contributed by atoms with van der Waals surface area (Å²) in [5.41, 5.74) is 0.489. The lowest BCUT2D eigenvalue weighted by Gasteiger charge is -2.32. The number of rotatable bonds is 6. The third kappa shape index (κ3) is 5.04. The van der Waals surface area contributed by atoms with Gasteiger partial charge in [0.15, 0.2) is 0 Å². The predicted octanol–water partition coefficient (Wildman–Crippen LogP) is 4.06. The number of nitrogens with one attached hydrogen (secondary N) is 1. The monoisotopic (exact) mass is 280 g/mol. The zero-order valence-electron chi connectivity index (χ0n) is 14.3. The normalized spacial score (nSPS) is 27.3. The second-order valence-electron chi connectivity index (χ2n) is 8.15. The van der Waals surface area contributed by atoms with E-state index in [-0.39, 0.29) is 0 Å². The van der Waals surface area contributed by atoms with E-state index in [1.807, 2.05) is 0 Å². The molecular weight excluding hydrogens is 244 g/mol. The van der Waals surface area contributed by atoms with Crippen LogP contribution in [0.5, 0.6) is 0 Å². The molecule has 1 aliphatic carbocycles. The van der Waals surface area contributed by atoms with E-state index in [9.17, 15) is 0 Å². The Bertz CT molecular complexity index is 278. The Hall–Kier alpha value is -0.0800. The minimum Gasteiger partial charge on any atom is -0.312 e. The van der Waals surface area contributed by atoms with E-state index in [2.05, 4.69) is 37.9 Å². The minimum absolute atomic E-state index is 0.489. The van der Waals surface area contributed by atoms with E-state index >= 15 is 0 Å². The zero-order chi connectivity index (χ0) is 14.6. The van der Waals surface area contributed by atoms with Crippen LogP contribution in [0.15, 0.2) is 0 Å². The van der Waals surface area contributed by atoms with Gasteiger partial charge in [-0.2, -0.15) is 0 Å². The molecule has 2 nitrogen and oxygen atoms in total. The molecule has 1 aliphatic heterocycles. The van der Waals surface area contributed by atoms with Gasteiger partial charge in [0, 0.05) is 18.6 Å². The molecule has 2 fully saturated rings. The number of likely N-dealkylation sites (tertiary alicyclic amines) is 1. The first-order valence-corrected chi connectivity index (χ1v) is 8.98. The van der Waals surface area contributed by atoms with Crippen molar-refractivity contribution in [2.24, 2.45) is 11.3 Å². The molecule has 0 aromatic carbocycles. The molecular formula is C18H36N2. The molecule has 0 spiro atoms. The summed E-state index contributed by atoms with van der Waals surface area (Å²) in [5.74, 6) is 0.908. The van der Waals surface area contributed by atoms with Crippen LogP contribution in [-0.4, -0.2) is 36.6 Å². The first-order valence-electron chi connectivity index (χ1n) is 8.98. The van der Waals surface area contributed by atoms with Gasteiger partial charge in [-0.1, -0.05) is 34.1 Å². The Balaban J connectivity index is 1.84. The summed E-state index contributed by atoms with van der Waals surface area (Å²) in [6.45, 7) is 13.5. The highest BCUT2D eigenvalue weighted by molar-refractivity contribution is 4.86. The van der Waals surface area contributed by atoms with E-state index in [1.165, 1.54) is 64.6 Å². The van der Waals surface area contributed by atoms with Crippen molar-refractivity contribution in [1.29, 1.82) is 0 Å². The van der Waals surface area contributed by atoms with Crippen LogP contribution in [0, 0.1) is 11.3 Å². The average molecular weight is 280 g/mol. The van der Waals surface area contributed by atoms with E-state index < -0.39 is 0 Å². The molecule has 0 bridgehead atoms. The van der Waals surface area contributed by atoms with Crippen LogP contribution >= 0.6 is 0 Å². The topological polar surface area (TPSA) is 15.3 Å². The molecule has 2 atom stereocenters. The van der Waals surface area contributed by atoms with Crippen molar-refractivity contribution in [3.8, 4) is 0 Å². The minimum atomic E-state index is 0.489. The van der Waals surface area contributed by atoms with Gasteiger partial charge < -0.3 is 5.32 Å². The van der Waals surface area contributed by atoms with Gasteiger partial charge in [0.25, 0.3) is 0 Å². The van der Waals surface area contributed by atoms with Crippen LogP contribution in [-0.2, 0) is 0 Å². The Morgan fingerprint density at radius 1 is 1.10 bits per heavy atom. The van der Waals surface area contributed by atoms with Crippen molar-refractivity contribution >= 4 is 0 Å². The zero-order valence-corrected chi connectivity index (χ0v) is 14.3. The maximum Gasteiger partial charge on any atom is 0.0220 e. The number of hydrogen-bond acceptors (Lipinski definition) is 2. The largest absolute Gasteiger partial charge is 0.312 e. The predicted molar refractivity (Wildman–Crippen MR) is 88.1 cm³/mol. The molecule has 0 radical (unpaired) electrons. The maximum atomic E-state index is 3.76. The molecule has 1 heterocycles. The highest BCUT2D eigenvalue weighted by atomic mass is 15.2. The summed E-state index contributed by atoms with van der Waals surface area (Å²) in [6.07, 6.45) is 9.71. The van der Waals surface area contributed by atoms with Crippen molar-refractivity contribution < 1.29 is 0 Å². The molecule has 1 saturated carbocycles. The lowest BCUT2D eigenvalue weighted by molar-refractivity contribution is 0.171. The number of hydrogen-bond donors (Lipinski definition) is 1. The third-order valence-corrected chi connectivity index (χ3v) is 5.35. The summed E-state index contributed by atoms with van der Waals surface area (Å²) < 4.78 is 0. The molecule has 2 heteroatoms. The lowest BCUT2D eigenvalue weighted by Crippen LogP contribution is -2.43. The van der Waals surface area contributed by atoms with Crippen molar-refractivity contribution in [2.45, 2.75) is 84.7 Å². The molecule has 118 valence electrons. The lowest BCUT2D eigenvalue weighted by atomic mass is 9.77. The Labute approximate surface area is 126 Å². The van der Waals surface area contributed by atoms with Crippen LogP contribution in [0.2, 0.25) is 0 Å². The fourth-order valence-electron chi connectivity index (χ4n) is 3.69. The third-order valence-electron chi connectivity index (χ3n) is 5.35. The molecule has 0 aromatic heterocycles. The van der Waals surface area contributed by atoms with Crippen LogP contribution in [0.3, 0.4) is 0 Å². The molecule has 20 heavy (non-hydrogen) atoms. The van der Waals surface area contributed by atoms with E-state index in [0.29, 0.717) is 5.41 Å². The molecule has 2 aliphatic rings. The quantitative estimate of drug-likeness (QED) is 0.789. The highest BCUT2D eigenvalue weighted by Gasteiger charge is 2.30. The average Bonchev–Trinajstić information content (AvgIpc) is 3.19. The summed E-state index contributed by atoms with van der Waals surface area (Å²) in [6, 6.07) is 1.63. The smallest absolute Gasteiger partial charge is 0.0220 e. The van der Waals surface area contributed by atoms with Crippen molar-refractivity contribution in [3.63, 3.8) is 0 Å². The number of nitrogens with zero attached hydrogens (tertiary/aromatic N) is 1. The second-order valence-corrected chi connectivity index (χ2v) is 8.15. The SMILES string of the molecule is CCCC(CNC1CC1)N1CCCC(C(C)(C)C)CC1. The Morgan fingerprint density at radius 2 is 1.85 bits per heavy atom. The summed E-state index contributed by atoms with van der Waals surface area (Å²) in [5, 5.41) is 3.76. The first kappa shape index (κ1) is 16.3. The van der Waals surface area contributed by atoms with Gasteiger partial charge in [-0.3, -0.25) is 4.90 Å². The van der Waals surface area contributed by atoms with Crippen LogP contribution in [0.4, 0.5) is 0 Å². The highest BCUT2D eigenvalue weighted by Crippen LogP contribution is 2.34. The van der Waals surface area contributed by atoms with Gasteiger partial charge in [-0.15, -0.1) is 0 Å². The van der Waals surface area contributed by atoms with E-state index in [1.54, 1.807) is 0 Å². The fourth-order valence-corrected chi connectivity index (χ4v) is 3.69. The van der Waals surface area contributed by atoms with E-state index in [4.69, 9.17) is 0 Å². The molecule has 1 saturated heterocycles.